The van der Waals surface area contributed by atoms with Crippen molar-refractivity contribution in [3.63, 3.8) is 0 Å². The summed E-state index contributed by atoms with van der Waals surface area (Å²) in [5.74, 6) is -0.791. The third-order valence-corrected chi connectivity index (χ3v) is 2.00. The predicted octanol–water partition coefficient (Wildman–Crippen LogP) is 4.04. The van der Waals surface area contributed by atoms with Crippen molar-refractivity contribution in [3.8, 4) is 0 Å². The van der Waals surface area contributed by atoms with Gasteiger partial charge in [0.25, 0.3) is 0 Å². The summed E-state index contributed by atoms with van der Waals surface area (Å²) < 4.78 is 13.1. The number of hydrogen-bond donors (Lipinski definition) is 0. The Morgan fingerprint density at radius 1 is 1.29 bits per heavy atom. The largest absolute Gasteiger partial charge is 0.292 e. The van der Waals surface area contributed by atoms with E-state index in [9.17, 15) is 9.18 Å². The first-order valence-corrected chi connectivity index (χ1v) is 5.48. The Bertz CT molecular complexity index is 194. The van der Waals surface area contributed by atoms with Gasteiger partial charge in [0.2, 0.25) is 0 Å². The molecule has 0 bridgehead atoms. The molecule has 0 saturated heterocycles. The van der Waals surface area contributed by atoms with Crippen LogP contribution in [0.3, 0.4) is 0 Å². The lowest BCUT2D eigenvalue weighted by Crippen LogP contribution is -1.99. The van der Waals surface area contributed by atoms with Gasteiger partial charge in [0, 0.05) is 6.42 Å². The molecule has 0 rings (SSSR count). The average Bonchev–Trinajstić information content (AvgIpc) is 2.11. The average molecular weight is 200 g/mol. The fraction of sp³-hybridized carbons (Fsp3) is 0.750. The number of ketones is 1. The third-order valence-electron chi connectivity index (χ3n) is 2.00. The fourth-order valence-corrected chi connectivity index (χ4v) is 1.22. The van der Waals surface area contributed by atoms with Crippen molar-refractivity contribution in [2.45, 2.75) is 52.9 Å². The van der Waals surface area contributed by atoms with Gasteiger partial charge in [-0.15, -0.1) is 0 Å². The molecule has 0 N–H and O–H groups in total. The molecule has 14 heavy (non-hydrogen) atoms. The highest BCUT2D eigenvalue weighted by Gasteiger charge is 2.08. The molecule has 0 spiro atoms. The summed E-state index contributed by atoms with van der Waals surface area (Å²) >= 11 is 0. The second kappa shape index (κ2) is 7.72. The summed E-state index contributed by atoms with van der Waals surface area (Å²) in [7, 11) is 0. The molecular formula is C12H21FO. The first-order valence-electron chi connectivity index (χ1n) is 5.48. The van der Waals surface area contributed by atoms with Crippen LogP contribution in [0.25, 0.3) is 0 Å². The lowest BCUT2D eigenvalue weighted by molar-refractivity contribution is -0.117. The van der Waals surface area contributed by atoms with E-state index in [0.29, 0.717) is 6.42 Å². The van der Waals surface area contributed by atoms with Gasteiger partial charge in [-0.1, -0.05) is 40.0 Å². The number of Topliss-reactive ketones (excluding diaryl/α,β-unsaturated/α-hetero) is 1. The van der Waals surface area contributed by atoms with E-state index in [1.807, 2.05) is 13.8 Å². The second-order valence-electron chi connectivity index (χ2n) is 3.99. The molecule has 0 aliphatic heterocycles. The second-order valence-corrected chi connectivity index (χ2v) is 3.99. The van der Waals surface area contributed by atoms with E-state index in [0.717, 1.165) is 25.7 Å². The lowest BCUT2D eigenvalue weighted by atomic mass is 10.1. The topological polar surface area (TPSA) is 17.1 Å². The molecule has 0 atom stereocenters. The molecule has 0 aromatic rings. The van der Waals surface area contributed by atoms with Gasteiger partial charge in [-0.05, 0) is 18.4 Å². The number of allylic oxidation sites excluding steroid dienone is 2. The SMILES string of the molecule is CCCCCCC(=O)/C(F)=C\C(C)C. The highest BCUT2D eigenvalue weighted by atomic mass is 19.1. The lowest BCUT2D eigenvalue weighted by Gasteiger charge is -2.00. The monoisotopic (exact) mass is 200 g/mol. The van der Waals surface area contributed by atoms with Gasteiger partial charge in [-0.25, -0.2) is 4.39 Å². The Kier molecular flexibility index (Phi) is 7.35. The zero-order valence-corrected chi connectivity index (χ0v) is 9.48. The quantitative estimate of drug-likeness (QED) is 0.448. The molecule has 0 unspecified atom stereocenters. The zero-order chi connectivity index (χ0) is 11.0. The molecule has 0 aliphatic rings. The van der Waals surface area contributed by atoms with Crippen LogP contribution in [-0.2, 0) is 4.79 Å². The van der Waals surface area contributed by atoms with Crippen LogP contribution in [0.2, 0.25) is 0 Å². The summed E-state index contributed by atoms with van der Waals surface area (Å²) in [4.78, 5) is 11.2. The summed E-state index contributed by atoms with van der Waals surface area (Å²) in [6, 6.07) is 0. The van der Waals surface area contributed by atoms with Gasteiger partial charge >= 0.3 is 0 Å². The molecule has 0 aromatic carbocycles. The molecule has 82 valence electrons. The Morgan fingerprint density at radius 3 is 2.43 bits per heavy atom. The number of rotatable bonds is 7. The highest BCUT2D eigenvalue weighted by molar-refractivity contribution is 5.93. The van der Waals surface area contributed by atoms with Crippen LogP contribution in [0.4, 0.5) is 4.39 Å². The number of halogens is 1. The van der Waals surface area contributed by atoms with Crippen molar-refractivity contribution >= 4 is 5.78 Å². The molecule has 0 radical (unpaired) electrons. The maximum atomic E-state index is 13.1. The number of unbranched alkanes of at least 4 members (excludes halogenated alkanes) is 3. The molecule has 1 nitrogen and oxygen atoms in total. The summed E-state index contributed by atoms with van der Waals surface area (Å²) in [6.07, 6.45) is 5.85. The Balaban J connectivity index is 3.73. The van der Waals surface area contributed by atoms with Crippen LogP contribution < -0.4 is 0 Å². The standard InChI is InChI=1S/C12H21FO/c1-4-5-6-7-8-12(14)11(13)9-10(2)3/h9-10H,4-8H2,1-3H3/b11-9+. The van der Waals surface area contributed by atoms with Gasteiger partial charge in [0.05, 0.1) is 0 Å². The van der Waals surface area contributed by atoms with E-state index in [-0.39, 0.29) is 11.7 Å². The van der Waals surface area contributed by atoms with Crippen molar-refractivity contribution in [3.05, 3.63) is 11.9 Å². The van der Waals surface area contributed by atoms with Crippen molar-refractivity contribution in [2.24, 2.45) is 5.92 Å². The van der Waals surface area contributed by atoms with Gasteiger partial charge in [-0.2, -0.15) is 0 Å². The molecule has 0 aliphatic carbocycles. The third kappa shape index (κ3) is 6.81. The van der Waals surface area contributed by atoms with E-state index >= 15 is 0 Å². The van der Waals surface area contributed by atoms with E-state index in [1.54, 1.807) is 0 Å². The molecule has 0 fully saturated rings. The Morgan fingerprint density at radius 2 is 1.93 bits per heavy atom. The molecular weight excluding hydrogens is 179 g/mol. The van der Waals surface area contributed by atoms with Gasteiger partial charge in [0.1, 0.15) is 0 Å². The minimum Gasteiger partial charge on any atom is -0.292 e. The smallest absolute Gasteiger partial charge is 0.190 e. The van der Waals surface area contributed by atoms with E-state index in [2.05, 4.69) is 6.92 Å². The van der Waals surface area contributed by atoms with Crippen LogP contribution >= 0.6 is 0 Å². The fourth-order valence-electron chi connectivity index (χ4n) is 1.22. The predicted molar refractivity (Wildman–Crippen MR) is 57.8 cm³/mol. The van der Waals surface area contributed by atoms with Crippen LogP contribution in [0.1, 0.15) is 52.9 Å². The maximum absolute atomic E-state index is 13.1. The Hall–Kier alpha value is -0.660. The first-order chi connectivity index (χ1) is 6.57. The Labute approximate surface area is 86.4 Å². The first kappa shape index (κ1) is 13.3. The molecule has 0 heterocycles. The van der Waals surface area contributed by atoms with E-state index in [1.165, 1.54) is 6.08 Å². The van der Waals surface area contributed by atoms with Gasteiger partial charge in [-0.3, -0.25) is 4.79 Å². The van der Waals surface area contributed by atoms with Gasteiger partial charge < -0.3 is 0 Å². The number of hydrogen-bond acceptors (Lipinski definition) is 1. The number of carbonyl (C=O) groups is 1. The van der Waals surface area contributed by atoms with Crippen LogP contribution in [0.5, 0.6) is 0 Å². The molecule has 0 aromatic heterocycles. The normalized spacial score (nSPS) is 12.2. The molecule has 2 heteroatoms. The van der Waals surface area contributed by atoms with Crippen LogP contribution in [0, 0.1) is 5.92 Å². The van der Waals surface area contributed by atoms with Crippen LogP contribution in [-0.4, -0.2) is 5.78 Å². The van der Waals surface area contributed by atoms with Crippen molar-refractivity contribution in [1.29, 1.82) is 0 Å². The van der Waals surface area contributed by atoms with E-state index in [4.69, 9.17) is 0 Å². The molecule has 0 saturated carbocycles. The highest BCUT2D eigenvalue weighted by Crippen LogP contribution is 2.10. The summed E-state index contributed by atoms with van der Waals surface area (Å²) in [5, 5.41) is 0. The minimum absolute atomic E-state index is 0.106. The van der Waals surface area contributed by atoms with Crippen molar-refractivity contribution in [1.82, 2.24) is 0 Å². The summed E-state index contributed by atoms with van der Waals surface area (Å²) in [5.41, 5.74) is 0. The van der Waals surface area contributed by atoms with Crippen LogP contribution in [0.15, 0.2) is 11.9 Å². The maximum Gasteiger partial charge on any atom is 0.190 e. The van der Waals surface area contributed by atoms with Crippen molar-refractivity contribution in [2.75, 3.05) is 0 Å². The molecule has 0 amide bonds. The van der Waals surface area contributed by atoms with E-state index < -0.39 is 5.83 Å². The summed E-state index contributed by atoms with van der Waals surface area (Å²) in [6.45, 7) is 5.84. The minimum atomic E-state index is -0.559. The van der Waals surface area contributed by atoms with Crippen molar-refractivity contribution < 1.29 is 9.18 Å². The zero-order valence-electron chi connectivity index (χ0n) is 9.48. The number of carbonyl (C=O) groups excluding carboxylic acids is 1. The van der Waals surface area contributed by atoms with Gasteiger partial charge in [0.15, 0.2) is 11.6 Å².